The van der Waals surface area contributed by atoms with Crippen LogP contribution in [0.15, 0.2) is 54.6 Å². The quantitative estimate of drug-likeness (QED) is 0.792. The highest BCUT2D eigenvalue weighted by atomic mass is 32.1. The number of thiol groups is 1. The molecule has 3 heteroatoms. The summed E-state index contributed by atoms with van der Waals surface area (Å²) in [6, 6.07) is 17.9. The monoisotopic (exact) mass is 299 g/mol. The first kappa shape index (κ1) is 15.6. The van der Waals surface area contributed by atoms with Crippen molar-refractivity contribution in [1.82, 2.24) is 0 Å². The van der Waals surface area contributed by atoms with Gasteiger partial charge < -0.3 is 5.32 Å². The number of carbonyl (C=O) groups excluding carboxylic acids is 1. The zero-order valence-corrected chi connectivity index (χ0v) is 13.3. The highest BCUT2D eigenvalue weighted by Gasteiger charge is 2.14. The zero-order valence-electron chi connectivity index (χ0n) is 12.4. The van der Waals surface area contributed by atoms with Crippen LogP contribution in [-0.4, -0.2) is 11.2 Å². The fourth-order valence-electron chi connectivity index (χ4n) is 2.11. The van der Waals surface area contributed by atoms with Gasteiger partial charge in [-0.3, -0.25) is 4.79 Å². The molecule has 1 N–H and O–H groups in total. The highest BCUT2D eigenvalue weighted by Crippen LogP contribution is 2.18. The van der Waals surface area contributed by atoms with E-state index < -0.39 is 0 Å². The Balaban J connectivity index is 1.94. The van der Waals surface area contributed by atoms with Gasteiger partial charge in [0.05, 0.1) is 5.25 Å². The fourth-order valence-corrected chi connectivity index (χ4v) is 2.38. The van der Waals surface area contributed by atoms with E-state index in [0.29, 0.717) is 12.3 Å². The molecule has 1 amide bonds. The Bertz CT molecular complexity index is 578. The molecular weight excluding hydrogens is 278 g/mol. The second kappa shape index (κ2) is 7.32. The molecule has 0 saturated carbocycles. The fraction of sp³-hybridized carbons (Fsp3) is 0.278. The summed E-state index contributed by atoms with van der Waals surface area (Å²) >= 11 is 4.41. The lowest BCUT2D eigenvalue weighted by atomic mass is 10.0. The lowest BCUT2D eigenvalue weighted by Gasteiger charge is -2.12. The van der Waals surface area contributed by atoms with Gasteiger partial charge in [-0.05, 0) is 35.6 Å². The van der Waals surface area contributed by atoms with Crippen LogP contribution in [0.2, 0.25) is 0 Å². The van der Waals surface area contributed by atoms with E-state index in [4.69, 9.17) is 0 Å². The van der Waals surface area contributed by atoms with Crippen LogP contribution in [0.25, 0.3) is 0 Å². The third-order valence-corrected chi connectivity index (χ3v) is 3.84. The van der Waals surface area contributed by atoms with E-state index >= 15 is 0 Å². The SMILES string of the molecule is CC(C)c1ccc(NC(=O)C(S)Cc2ccccc2)cc1. The van der Waals surface area contributed by atoms with Gasteiger partial charge in [-0.1, -0.05) is 56.3 Å². The van der Waals surface area contributed by atoms with Crippen molar-refractivity contribution in [2.24, 2.45) is 0 Å². The van der Waals surface area contributed by atoms with Gasteiger partial charge in [-0.15, -0.1) is 0 Å². The van der Waals surface area contributed by atoms with Crippen LogP contribution >= 0.6 is 12.6 Å². The van der Waals surface area contributed by atoms with Crippen LogP contribution in [0, 0.1) is 0 Å². The topological polar surface area (TPSA) is 29.1 Å². The van der Waals surface area contributed by atoms with E-state index in [0.717, 1.165) is 11.3 Å². The summed E-state index contributed by atoms with van der Waals surface area (Å²) in [5.74, 6) is 0.421. The number of hydrogen-bond donors (Lipinski definition) is 2. The highest BCUT2D eigenvalue weighted by molar-refractivity contribution is 7.81. The van der Waals surface area contributed by atoms with E-state index in [1.54, 1.807) is 0 Å². The summed E-state index contributed by atoms with van der Waals surface area (Å²) in [6.45, 7) is 4.30. The molecule has 0 aliphatic rings. The summed E-state index contributed by atoms with van der Waals surface area (Å²) in [4.78, 5) is 12.1. The van der Waals surface area contributed by atoms with Crippen molar-refractivity contribution in [3.63, 3.8) is 0 Å². The maximum atomic E-state index is 12.1. The first-order valence-corrected chi connectivity index (χ1v) is 7.70. The smallest absolute Gasteiger partial charge is 0.237 e. The van der Waals surface area contributed by atoms with Crippen LogP contribution in [-0.2, 0) is 11.2 Å². The summed E-state index contributed by atoms with van der Waals surface area (Å²) in [5.41, 5.74) is 3.19. The average molecular weight is 299 g/mol. The van der Waals surface area contributed by atoms with E-state index in [2.05, 4.69) is 31.8 Å². The molecule has 0 aromatic heterocycles. The van der Waals surface area contributed by atoms with Gasteiger partial charge in [-0.25, -0.2) is 0 Å². The number of nitrogens with one attached hydrogen (secondary N) is 1. The Morgan fingerprint density at radius 2 is 1.67 bits per heavy atom. The molecule has 1 atom stereocenters. The van der Waals surface area contributed by atoms with Gasteiger partial charge in [-0.2, -0.15) is 12.6 Å². The Labute approximate surface area is 132 Å². The summed E-state index contributed by atoms with van der Waals surface area (Å²) in [5, 5.41) is 2.56. The van der Waals surface area contributed by atoms with Crippen LogP contribution in [0.4, 0.5) is 5.69 Å². The molecule has 0 fully saturated rings. The standard InChI is InChI=1S/C18H21NOS/c1-13(2)15-8-10-16(11-9-15)19-18(20)17(21)12-14-6-4-3-5-7-14/h3-11,13,17,21H,12H2,1-2H3,(H,19,20). The third kappa shape index (κ3) is 4.64. The molecule has 0 aliphatic heterocycles. The molecule has 0 bridgehead atoms. The number of benzene rings is 2. The van der Waals surface area contributed by atoms with Gasteiger partial charge in [0.2, 0.25) is 5.91 Å². The Morgan fingerprint density at radius 3 is 2.24 bits per heavy atom. The summed E-state index contributed by atoms with van der Waals surface area (Å²) in [6.07, 6.45) is 0.625. The lowest BCUT2D eigenvalue weighted by molar-refractivity contribution is -0.115. The molecule has 0 radical (unpaired) electrons. The van der Waals surface area contributed by atoms with E-state index in [9.17, 15) is 4.79 Å². The Hall–Kier alpha value is -1.74. The number of hydrogen-bond acceptors (Lipinski definition) is 2. The van der Waals surface area contributed by atoms with Crippen molar-refractivity contribution in [2.75, 3.05) is 5.32 Å². The molecule has 2 nitrogen and oxygen atoms in total. The Morgan fingerprint density at radius 1 is 1.05 bits per heavy atom. The van der Waals surface area contributed by atoms with E-state index in [1.807, 2.05) is 54.6 Å². The van der Waals surface area contributed by atoms with E-state index in [-0.39, 0.29) is 11.2 Å². The molecular formula is C18H21NOS. The van der Waals surface area contributed by atoms with Crippen molar-refractivity contribution in [2.45, 2.75) is 31.4 Å². The van der Waals surface area contributed by atoms with Crippen molar-refractivity contribution in [3.05, 3.63) is 65.7 Å². The van der Waals surface area contributed by atoms with Crippen molar-refractivity contribution in [3.8, 4) is 0 Å². The molecule has 2 aromatic rings. The summed E-state index contributed by atoms with van der Waals surface area (Å²) in [7, 11) is 0. The largest absolute Gasteiger partial charge is 0.325 e. The molecule has 2 aromatic carbocycles. The van der Waals surface area contributed by atoms with Crippen LogP contribution < -0.4 is 5.32 Å². The number of rotatable bonds is 5. The van der Waals surface area contributed by atoms with Gasteiger partial charge >= 0.3 is 0 Å². The molecule has 21 heavy (non-hydrogen) atoms. The molecule has 110 valence electrons. The van der Waals surface area contributed by atoms with Crippen LogP contribution in [0.3, 0.4) is 0 Å². The number of anilines is 1. The van der Waals surface area contributed by atoms with Crippen LogP contribution in [0.1, 0.15) is 30.9 Å². The molecule has 0 spiro atoms. The maximum absolute atomic E-state index is 12.1. The average Bonchev–Trinajstić information content (AvgIpc) is 2.48. The predicted octanol–water partition coefficient (Wildman–Crippen LogP) is 4.29. The minimum absolute atomic E-state index is 0.0699. The first-order valence-electron chi connectivity index (χ1n) is 7.19. The molecule has 0 aliphatic carbocycles. The van der Waals surface area contributed by atoms with Crippen molar-refractivity contribution < 1.29 is 4.79 Å². The van der Waals surface area contributed by atoms with Crippen LogP contribution in [0.5, 0.6) is 0 Å². The van der Waals surface area contributed by atoms with Gasteiger partial charge in [0.25, 0.3) is 0 Å². The molecule has 1 unspecified atom stereocenters. The first-order chi connectivity index (χ1) is 10.1. The third-order valence-electron chi connectivity index (χ3n) is 3.42. The second-order valence-electron chi connectivity index (χ2n) is 5.47. The van der Waals surface area contributed by atoms with Gasteiger partial charge in [0, 0.05) is 5.69 Å². The van der Waals surface area contributed by atoms with Crippen molar-refractivity contribution in [1.29, 1.82) is 0 Å². The molecule has 0 saturated heterocycles. The minimum atomic E-state index is -0.350. The molecule has 0 heterocycles. The normalized spacial score (nSPS) is 12.2. The second-order valence-corrected chi connectivity index (χ2v) is 6.09. The summed E-state index contributed by atoms with van der Waals surface area (Å²) < 4.78 is 0. The van der Waals surface area contributed by atoms with Gasteiger partial charge in [0.15, 0.2) is 0 Å². The van der Waals surface area contributed by atoms with Crippen molar-refractivity contribution >= 4 is 24.2 Å². The predicted molar refractivity (Wildman–Crippen MR) is 92.1 cm³/mol. The zero-order chi connectivity index (χ0) is 15.2. The number of amides is 1. The lowest BCUT2D eigenvalue weighted by Crippen LogP contribution is -2.25. The molecule has 2 rings (SSSR count). The van der Waals surface area contributed by atoms with Gasteiger partial charge in [0.1, 0.15) is 0 Å². The van der Waals surface area contributed by atoms with E-state index in [1.165, 1.54) is 5.56 Å². The maximum Gasteiger partial charge on any atom is 0.237 e. The Kier molecular flexibility index (Phi) is 5.45. The minimum Gasteiger partial charge on any atom is -0.325 e. The number of carbonyl (C=O) groups is 1.